The topological polar surface area (TPSA) is 47.0 Å². The molecule has 3 nitrogen and oxygen atoms in total. The average Bonchev–Trinajstić information content (AvgIpc) is 2.64. The molecule has 118 valence electrons. The minimum Gasteiger partial charge on any atom is -0.298 e. The maximum absolute atomic E-state index is 12.5. The number of aromatic nitrogens is 1. The van der Waals surface area contributed by atoms with E-state index in [9.17, 15) is 9.59 Å². The number of benzene rings is 2. The molecule has 0 saturated heterocycles. The van der Waals surface area contributed by atoms with E-state index in [0.29, 0.717) is 11.3 Å². The van der Waals surface area contributed by atoms with Crippen molar-refractivity contribution in [2.75, 3.05) is 0 Å². The third kappa shape index (κ3) is 3.30. The van der Waals surface area contributed by atoms with Gasteiger partial charge in [0.1, 0.15) is 12.0 Å². The molecule has 0 radical (unpaired) electrons. The Morgan fingerprint density at radius 3 is 2.58 bits per heavy atom. The van der Waals surface area contributed by atoms with Gasteiger partial charge in [0.25, 0.3) is 0 Å². The molecule has 1 aromatic heterocycles. The van der Waals surface area contributed by atoms with Gasteiger partial charge < -0.3 is 0 Å². The minimum atomic E-state index is -0.0907. The van der Waals surface area contributed by atoms with Gasteiger partial charge in [-0.25, -0.2) is 0 Å². The molecule has 0 aliphatic heterocycles. The number of nitrogens with zero attached hydrogens (tertiary/aromatic N) is 1. The summed E-state index contributed by atoms with van der Waals surface area (Å²) in [6.45, 7) is 2.03. The molecule has 0 aliphatic rings. The van der Waals surface area contributed by atoms with E-state index in [1.54, 1.807) is 6.07 Å². The van der Waals surface area contributed by atoms with E-state index >= 15 is 0 Å². The lowest BCUT2D eigenvalue weighted by Gasteiger charge is -2.11. The number of carbonyl (C=O) groups excluding carboxylic acids is 2. The highest BCUT2D eigenvalue weighted by Crippen LogP contribution is 2.26. The molecular weight excluding hydrogens is 298 g/mol. The van der Waals surface area contributed by atoms with Gasteiger partial charge in [-0.1, -0.05) is 48.5 Å². The Morgan fingerprint density at radius 2 is 1.83 bits per heavy atom. The fourth-order valence-corrected chi connectivity index (χ4v) is 2.74. The van der Waals surface area contributed by atoms with Crippen LogP contribution in [0.25, 0.3) is 11.1 Å². The number of pyridine rings is 1. The van der Waals surface area contributed by atoms with Crippen LogP contribution in [0.4, 0.5) is 0 Å². The predicted molar refractivity (Wildman–Crippen MR) is 94.3 cm³/mol. The van der Waals surface area contributed by atoms with Gasteiger partial charge in [0.15, 0.2) is 5.78 Å². The van der Waals surface area contributed by atoms with Crippen LogP contribution in [0.1, 0.15) is 32.0 Å². The largest absolute Gasteiger partial charge is 0.298 e. The van der Waals surface area contributed by atoms with Crippen LogP contribution >= 0.6 is 0 Å². The Morgan fingerprint density at radius 1 is 1.04 bits per heavy atom. The molecule has 2 aromatic carbocycles. The smallest absolute Gasteiger partial charge is 0.185 e. The van der Waals surface area contributed by atoms with Crippen LogP contribution in [-0.2, 0) is 6.42 Å². The van der Waals surface area contributed by atoms with E-state index in [1.807, 2.05) is 37.3 Å². The van der Waals surface area contributed by atoms with Crippen molar-refractivity contribution >= 4 is 12.1 Å². The summed E-state index contributed by atoms with van der Waals surface area (Å²) in [4.78, 5) is 27.4. The zero-order valence-corrected chi connectivity index (χ0v) is 13.4. The molecule has 0 atom stereocenters. The number of hydrogen-bond acceptors (Lipinski definition) is 3. The van der Waals surface area contributed by atoms with Gasteiger partial charge in [0.05, 0.1) is 0 Å². The van der Waals surface area contributed by atoms with Crippen molar-refractivity contribution in [3.8, 4) is 11.1 Å². The number of ketones is 1. The standard InChI is InChI=1S/C21H17NO2/c1-15-18(8-5-9-19(15)17-6-3-2-4-7-17)13-21(24)20-12-16(14-23)10-11-22-20/h2-12,14H,13H2,1H3. The predicted octanol–water partition coefficient (Wildman–Crippen LogP) is 4.29. The van der Waals surface area contributed by atoms with Crippen LogP contribution in [0.2, 0.25) is 0 Å². The second-order valence-corrected chi connectivity index (χ2v) is 5.65. The number of Topliss-reactive ketones (excluding diaryl/α,β-unsaturated/α-hetero) is 1. The quantitative estimate of drug-likeness (QED) is 0.521. The van der Waals surface area contributed by atoms with Gasteiger partial charge in [0, 0.05) is 18.2 Å². The van der Waals surface area contributed by atoms with E-state index < -0.39 is 0 Å². The van der Waals surface area contributed by atoms with Crippen molar-refractivity contribution in [1.29, 1.82) is 0 Å². The molecule has 3 rings (SSSR count). The van der Waals surface area contributed by atoms with Crippen LogP contribution in [0.5, 0.6) is 0 Å². The highest BCUT2D eigenvalue weighted by atomic mass is 16.1. The van der Waals surface area contributed by atoms with Crippen molar-refractivity contribution in [2.24, 2.45) is 0 Å². The van der Waals surface area contributed by atoms with Gasteiger partial charge in [0.2, 0.25) is 0 Å². The number of hydrogen-bond donors (Lipinski definition) is 0. The fraction of sp³-hybridized carbons (Fsp3) is 0.0952. The normalized spacial score (nSPS) is 10.4. The zero-order chi connectivity index (χ0) is 16.9. The maximum Gasteiger partial charge on any atom is 0.185 e. The van der Waals surface area contributed by atoms with E-state index in [2.05, 4.69) is 23.2 Å². The molecule has 3 heteroatoms. The second kappa shape index (κ2) is 7.01. The molecule has 0 spiro atoms. The number of rotatable bonds is 5. The highest BCUT2D eigenvalue weighted by molar-refractivity contribution is 5.97. The summed E-state index contributed by atoms with van der Waals surface area (Å²) in [5.74, 6) is -0.0907. The van der Waals surface area contributed by atoms with Gasteiger partial charge in [-0.05, 0) is 41.3 Å². The lowest BCUT2D eigenvalue weighted by Crippen LogP contribution is -2.08. The number of carbonyl (C=O) groups is 2. The Hall–Kier alpha value is -3.07. The Balaban J connectivity index is 1.90. The first-order chi connectivity index (χ1) is 11.7. The average molecular weight is 315 g/mol. The molecule has 0 bridgehead atoms. The maximum atomic E-state index is 12.5. The molecule has 0 aliphatic carbocycles. The van der Waals surface area contributed by atoms with Crippen molar-refractivity contribution in [3.63, 3.8) is 0 Å². The second-order valence-electron chi connectivity index (χ2n) is 5.65. The van der Waals surface area contributed by atoms with Gasteiger partial charge in [-0.15, -0.1) is 0 Å². The monoisotopic (exact) mass is 315 g/mol. The van der Waals surface area contributed by atoms with Crippen LogP contribution in [-0.4, -0.2) is 17.1 Å². The van der Waals surface area contributed by atoms with E-state index in [1.165, 1.54) is 12.3 Å². The molecule has 0 saturated carbocycles. The zero-order valence-electron chi connectivity index (χ0n) is 13.4. The Bertz CT molecular complexity index is 885. The molecule has 3 aromatic rings. The van der Waals surface area contributed by atoms with Gasteiger partial charge >= 0.3 is 0 Å². The summed E-state index contributed by atoms with van der Waals surface area (Å²) in [7, 11) is 0. The van der Waals surface area contributed by atoms with E-state index in [-0.39, 0.29) is 12.2 Å². The van der Waals surface area contributed by atoms with Crippen LogP contribution in [0.3, 0.4) is 0 Å². The molecular formula is C21H17NO2. The van der Waals surface area contributed by atoms with Crippen molar-refractivity contribution in [2.45, 2.75) is 13.3 Å². The van der Waals surface area contributed by atoms with E-state index in [0.717, 1.165) is 28.5 Å². The summed E-state index contributed by atoms with van der Waals surface area (Å²) in [5, 5.41) is 0. The lowest BCUT2D eigenvalue weighted by molar-refractivity contribution is 0.0988. The number of aldehydes is 1. The molecule has 1 heterocycles. The Kier molecular flexibility index (Phi) is 4.62. The molecule has 0 N–H and O–H groups in total. The van der Waals surface area contributed by atoms with Crippen LogP contribution in [0, 0.1) is 6.92 Å². The first kappa shape index (κ1) is 15.8. The van der Waals surface area contributed by atoms with Crippen LogP contribution in [0.15, 0.2) is 66.9 Å². The van der Waals surface area contributed by atoms with E-state index in [4.69, 9.17) is 0 Å². The highest BCUT2D eigenvalue weighted by Gasteiger charge is 2.13. The Labute approximate surface area is 141 Å². The summed E-state index contributed by atoms with van der Waals surface area (Å²) in [6, 6.07) is 19.2. The summed E-state index contributed by atoms with van der Waals surface area (Å²) in [6.07, 6.45) is 2.48. The van der Waals surface area contributed by atoms with Crippen molar-refractivity contribution < 1.29 is 9.59 Å². The van der Waals surface area contributed by atoms with Gasteiger partial charge in [-0.2, -0.15) is 0 Å². The first-order valence-corrected chi connectivity index (χ1v) is 7.77. The molecule has 0 fully saturated rings. The molecule has 24 heavy (non-hydrogen) atoms. The summed E-state index contributed by atoms with van der Waals surface area (Å²) in [5.41, 5.74) is 5.09. The molecule has 0 unspecified atom stereocenters. The minimum absolute atomic E-state index is 0.0907. The first-order valence-electron chi connectivity index (χ1n) is 7.77. The summed E-state index contributed by atoms with van der Waals surface area (Å²) >= 11 is 0. The van der Waals surface area contributed by atoms with Crippen LogP contribution < -0.4 is 0 Å². The third-order valence-electron chi connectivity index (χ3n) is 4.09. The van der Waals surface area contributed by atoms with Crippen molar-refractivity contribution in [1.82, 2.24) is 4.98 Å². The van der Waals surface area contributed by atoms with Crippen molar-refractivity contribution in [3.05, 3.63) is 89.2 Å². The fourth-order valence-electron chi connectivity index (χ4n) is 2.74. The molecule has 0 amide bonds. The van der Waals surface area contributed by atoms with Gasteiger partial charge in [-0.3, -0.25) is 14.6 Å². The SMILES string of the molecule is Cc1c(CC(=O)c2cc(C=O)ccn2)cccc1-c1ccccc1. The summed E-state index contributed by atoms with van der Waals surface area (Å²) < 4.78 is 0. The lowest BCUT2D eigenvalue weighted by atomic mass is 9.93. The third-order valence-corrected chi connectivity index (χ3v) is 4.09.